The lowest BCUT2D eigenvalue weighted by molar-refractivity contribution is -0.106. The Morgan fingerprint density at radius 3 is 1.67 bits per heavy atom. The van der Waals surface area contributed by atoms with Gasteiger partial charge in [0.1, 0.15) is 0 Å². The van der Waals surface area contributed by atoms with Gasteiger partial charge in [0, 0.05) is 0 Å². The molecule has 35 valence electrons. The second kappa shape index (κ2) is 25.1. The summed E-state index contributed by atoms with van der Waals surface area (Å²) in [5.74, 6) is 0. The van der Waals surface area contributed by atoms with Crippen LogP contribution in [0.1, 0.15) is 0 Å². The fourth-order valence-corrected chi connectivity index (χ4v) is 0. The number of carbonyl (C=O) groups excluding carboxylic acids is 1. The molecule has 1 radical (unpaired) electrons. The monoisotopic (exact) mass is 90.0 g/mol. The average Bonchev–Trinajstić information content (AvgIpc) is 1.39. The van der Waals surface area contributed by atoms with Gasteiger partial charge in [-0.1, -0.05) is 0 Å². The molecule has 0 aromatic heterocycles. The molecule has 0 unspecified atom stereocenters. The highest BCUT2D eigenvalue weighted by Gasteiger charge is 1.51. The summed E-state index contributed by atoms with van der Waals surface area (Å²) < 4.78 is 0. The Labute approximate surface area is 35.9 Å². The summed E-state index contributed by atoms with van der Waals surface area (Å²) in [7, 11) is 0. The van der Waals surface area contributed by atoms with E-state index in [-0.39, 0.29) is 14.1 Å². The molecule has 0 atom stereocenters. The second-order valence-electron chi connectivity index (χ2n) is 0.252. The minimum atomic E-state index is 0. The molecular formula is CH5BNO3. The third-order valence-electron chi connectivity index (χ3n) is 0. The minimum Gasteiger partial charge on any atom is -0.429 e. The molecule has 6 heavy (non-hydrogen) atoms. The molecule has 0 fully saturated rings. The van der Waals surface area contributed by atoms with Crippen LogP contribution in [-0.2, 0) is 4.79 Å². The summed E-state index contributed by atoms with van der Waals surface area (Å²) in [5, 5.41) is 14.0. The van der Waals surface area contributed by atoms with Gasteiger partial charge in [-0.15, -0.1) is 0 Å². The summed E-state index contributed by atoms with van der Waals surface area (Å²) >= 11 is 0. The van der Waals surface area contributed by atoms with Gasteiger partial charge < -0.3 is 15.8 Å². The Morgan fingerprint density at radius 1 is 1.67 bits per heavy atom. The number of primary amides is 1. The molecule has 1 amide bonds. The van der Waals surface area contributed by atoms with E-state index in [9.17, 15) is 0 Å². The summed E-state index contributed by atoms with van der Waals surface area (Å²) in [6.07, 6.45) is 0.250. The van der Waals surface area contributed by atoms with E-state index in [2.05, 4.69) is 5.73 Å². The van der Waals surface area contributed by atoms with E-state index < -0.39 is 0 Å². The molecule has 5 heteroatoms. The van der Waals surface area contributed by atoms with Crippen LogP contribution in [0.25, 0.3) is 0 Å². The Kier molecular flexibility index (Phi) is 38.0. The first-order valence-electron chi connectivity index (χ1n) is 1.09. The van der Waals surface area contributed by atoms with Crippen molar-refractivity contribution < 1.29 is 14.8 Å². The normalized spacial score (nSPS) is 4.33. The summed E-state index contributed by atoms with van der Waals surface area (Å²) in [6, 6.07) is 0. The van der Waals surface area contributed by atoms with Crippen LogP contribution in [0.2, 0.25) is 0 Å². The maximum absolute atomic E-state index is 8.58. The largest absolute Gasteiger partial charge is 0.482 e. The van der Waals surface area contributed by atoms with Crippen molar-refractivity contribution in [1.82, 2.24) is 0 Å². The summed E-state index contributed by atoms with van der Waals surface area (Å²) in [6.45, 7) is 0. The van der Waals surface area contributed by atoms with E-state index in [4.69, 9.17) is 14.8 Å². The first kappa shape index (κ1) is 9.07. The van der Waals surface area contributed by atoms with Crippen LogP contribution in [0.5, 0.6) is 0 Å². The van der Waals surface area contributed by atoms with E-state index >= 15 is 0 Å². The molecule has 4 nitrogen and oxygen atoms in total. The maximum Gasteiger partial charge on any atom is 0.482 e. The fourth-order valence-electron chi connectivity index (χ4n) is 0. The highest BCUT2D eigenvalue weighted by Crippen LogP contribution is 1.08. The SMILES string of the molecule is NC=O.O[B]O. The maximum atomic E-state index is 8.58. The zero-order valence-electron chi connectivity index (χ0n) is 3.03. The molecule has 0 saturated carbocycles. The molecular weight excluding hydrogens is 84.8 g/mol. The van der Waals surface area contributed by atoms with Crippen molar-refractivity contribution >= 4 is 14.1 Å². The van der Waals surface area contributed by atoms with Crippen molar-refractivity contribution in [2.45, 2.75) is 0 Å². The van der Waals surface area contributed by atoms with Gasteiger partial charge in [0.2, 0.25) is 6.41 Å². The standard InChI is InChI=1S/CH3NO.BH2O2/c2*2-1-3/h1H,(H2,2,3);2-3H. The zero-order valence-corrected chi connectivity index (χ0v) is 3.03. The number of amides is 1. The Bertz CT molecular complexity index is 24.8. The van der Waals surface area contributed by atoms with E-state index in [0.717, 1.165) is 0 Å². The predicted octanol–water partition coefficient (Wildman–Crippen LogP) is -2.39. The van der Waals surface area contributed by atoms with Crippen LogP contribution < -0.4 is 5.73 Å². The number of hydrogen-bond acceptors (Lipinski definition) is 3. The fraction of sp³-hybridized carbons (Fsp3) is 0. The van der Waals surface area contributed by atoms with Crippen LogP contribution in [0, 0.1) is 0 Å². The Hall–Kier alpha value is -0.545. The van der Waals surface area contributed by atoms with E-state index in [0.29, 0.717) is 0 Å². The number of hydrogen-bond donors (Lipinski definition) is 3. The van der Waals surface area contributed by atoms with Crippen LogP contribution in [0.15, 0.2) is 0 Å². The number of nitrogens with two attached hydrogens (primary N) is 1. The smallest absolute Gasteiger partial charge is 0.429 e. The minimum absolute atomic E-state index is 0. The van der Waals surface area contributed by atoms with Gasteiger partial charge >= 0.3 is 7.69 Å². The van der Waals surface area contributed by atoms with Gasteiger partial charge in [-0.25, -0.2) is 0 Å². The highest BCUT2D eigenvalue weighted by molar-refractivity contribution is 6.13. The summed E-state index contributed by atoms with van der Waals surface area (Å²) in [4.78, 5) is 8.58. The Morgan fingerprint density at radius 2 is 1.67 bits per heavy atom. The van der Waals surface area contributed by atoms with Crippen molar-refractivity contribution in [2.24, 2.45) is 5.73 Å². The zero-order chi connectivity index (χ0) is 5.41. The van der Waals surface area contributed by atoms with E-state index in [1.807, 2.05) is 0 Å². The van der Waals surface area contributed by atoms with Crippen LogP contribution >= 0.6 is 0 Å². The topological polar surface area (TPSA) is 83.6 Å². The second-order valence-corrected chi connectivity index (χ2v) is 0.252. The lowest BCUT2D eigenvalue weighted by atomic mass is 10.5. The Balaban J connectivity index is 0. The molecule has 0 aliphatic heterocycles. The van der Waals surface area contributed by atoms with Gasteiger partial charge in [-0.3, -0.25) is 4.79 Å². The molecule has 0 spiro atoms. The molecule has 0 bridgehead atoms. The molecule has 0 aliphatic rings. The third kappa shape index (κ3) is 70.1. The van der Waals surface area contributed by atoms with Crippen LogP contribution in [0.4, 0.5) is 0 Å². The quantitative estimate of drug-likeness (QED) is 0.229. The molecule has 0 heterocycles. The lowest BCUT2D eigenvalue weighted by Crippen LogP contribution is -1.82. The molecule has 0 rings (SSSR count). The molecule has 0 aromatic carbocycles. The van der Waals surface area contributed by atoms with E-state index in [1.54, 1.807) is 0 Å². The van der Waals surface area contributed by atoms with Crippen LogP contribution in [-0.4, -0.2) is 24.1 Å². The number of carbonyl (C=O) groups is 1. The third-order valence-corrected chi connectivity index (χ3v) is 0. The van der Waals surface area contributed by atoms with Crippen molar-refractivity contribution in [3.05, 3.63) is 0 Å². The number of rotatable bonds is 0. The summed E-state index contributed by atoms with van der Waals surface area (Å²) in [5.41, 5.74) is 4.17. The van der Waals surface area contributed by atoms with Gasteiger partial charge in [0.25, 0.3) is 0 Å². The predicted molar refractivity (Wildman–Crippen MR) is 20.4 cm³/mol. The molecule has 0 saturated heterocycles. The van der Waals surface area contributed by atoms with Crippen molar-refractivity contribution in [1.29, 1.82) is 0 Å². The molecule has 0 aromatic rings. The molecule has 4 N–H and O–H groups in total. The van der Waals surface area contributed by atoms with Gasteiger partial charge in [-0.05, 0) is 0 Å². The van der Waals surface area contributed by atoms with E-state index in [1.165, 1.54) is 0 Å². The van der Waals surface area contributed by atoms with Gasteiger partial charge in [0.05, 0.1) is 0 Å². The average molecular weight is 89.9 g/mol. The molecule has 0 aliphatic carbocycles. The van der Waals surface area contributed by atoms with Gasteiger partial charge in [-0.2, -0.15) is 0 Å². The first-order chi connectivity index (χ1) is 2.83. The van der Waals surface area contributed by atoms with Gasteiger partial charge in [0.15, 0.2) is 0 Å². The van der Waals surface area contributed by atoms with Crippen molar-refractivity contribution in [3.8, 4) is 0 Å². The lowest BCUT2D eigenvalue weighted by Gasteiger charge is -1.46. The van der Waals surface area contributed by atoms with Crippen LogP contribution in [0.3, 0.4) is 0 Å². The first-order valence-corrected chi connectivity index (χ1v) is 1.09. The highest BCUT2D eigenvalue weighted by atomic mass is 16.4. The van der Waals surface area contributed by atoms with Crippen molar-refractivity contribution in [2.75, 3.05) is 0 Å². The van der Waals surface area contributed by atoms with Crippen molar-refractivity contribution in [3.63, 3.8) is 0 Å².